The van der Waals surface area contributed by atoms with Crippen molar-refractivity contribution in [1.82, 2.24) is 14.5 Å². The van der Waals surface area contributed by atoms with E-state index in [1.807, 2.05) is 19.6 Å². The summed E-state index contributed by atoms with van der Waals surface area (Å²) in [6.45, 7) is 2.12. The fourth-order valence-corrected chi connectivity index (χ4v) is 3.99. The van der Waals surface area contributed by atoms with Gasteiger partial charge in [-0.05, 0) is 48.2 Å². The van der Waals surface area contributed by atoms with Crippen molar-refractivity contribution < 1.29 is 17.9 Å². The molecule has 1 aliphatic heterocycles. The van der Waals surface area contributed by atoms with E-state index >= 15 is 0 Å². The van der Waals surface area contributed by atoms with Crippen molar-refractivity contribution >= 4 is 0 Å². The molecule has 0 bridgehead atoms. The molecular weight excluding hydrogens is 391 g/mol. The fourth-order valence-electron chi connectivity index (χ4n) is 3.99. The molecule has 1 unspecified atom stereocenters. The van der Waals surface area contributed by atoms with Crippen LogP contribution < -0.4 is 4.74 Å². The van der Waals surface area contributed by atoms with Gasteiger partial charge in [-0.2, -0.15) is 13.2 Å². The highest BCUT2D eigenvalue weighted by Gasteiger charge is 2.30. The van der Waals surface area contributed by atoms with Crippen molar-refractivity contribution in [3.05, 3.63) is 83.4 Å². The molecule has 4 nitrogen and oxygen atoms in total. The van der Waals surface area contributed by atoms with Gasteiger partial charge in [0.25, 0.3) is 0 Å². The van der Waals surface area contributed by atoms with Gasteiger partial charge >= 0.3 is 6.18 Å². The molecule has 0 N–H and O–H groups in total. The molecule has 4 rings (SSSR count). The number of imidazole rings is 1. The lowest BCUT2D eigenvalue weighted by Gasteiger charge is -2.37. The van der Waals surface area contributed by atoms with E-state index in [1.54, 1.807) is 0 Å². The maximum absolute atomic E-state index is 12.7. The Morgan fingerprint density at radius 2 is 1.80 bits per heavy atom. The van der Waals surface area contributed by atoms with Gasteiger partial charge in [-0.25, -0.2) is 4.98 Å². The summed E-state index contributed by atoms with van der Waals surface area (Å²) in [5.74, 6) is 0.454. The Labute approximate surface area is 173 Å². The Morgan fingerprint density at radius 1 is 1.07 bits per heavy atom. The first kappa shape index (κ1) is 20.5. The molecule has 1 atom stereocenters. The number of halogens is 3. The molecule has 0 saturated carbocycles. The minimum Gasteiger partial charge on any atom is -0.494 e. The van der Waals surface area contributed by atoms with E-state index in [9.17, 15) is 13.2 Å². The first-order chi connectivity index (χ1) is 14.4. The predicted octanol–water partition coefficient (Wildman–Crippen LogP) is 5.01. The summed E-state index contributed by atoms with van der Waals surface area (Å²) in [7, 11) is 2.01. The molecule has 0 aliphatic carbocycles. The summed E-state index contributed by atoms with van der Waals surface area (Å²) in [5.41, 5.74) is 3.20. The van der Waals surface area contributed by atoms with Gasteiger partial charge in [0.15, 0.2) is 0 Å². The van der Waals surface area contributed by atoms with Gasteiger partial charge in [-0.1, -0.05) is 24.3 Å². The molecule has 1 aliphatic rings. The summed E-state index contributed by atoms with van der Waals surface area (Å²) in [6.07, 6.45) is 1.11. The molecular formula is C23H24F3N3O. The van der Waals surface area contributed by atoms with E-state index in [-0.39, 0.29) is 6.04 Å². The molecule has 158 valence electrons. The van der Waals surface area contributed by atoms with E-state index < -0.39 is 11.7 Å². The molecule has 0 fully saturated rings. The second-order valence-corrected chi connectivity index (χ2v) is 7.61. The molecule has 0 spiro atoms. The highest BCUT2D eigenvalue weighted by Crippen LogP contribution is 2.33. The zero-order chi connectivity index (χ0) is 21.1. The van der Waals surface area contributed by atoms with Crippen molar-refractivity contribution in [2.24, 2.45) is 7.05 Å². The molecule has 0 radical (unpaired) electrons. The molecule has 7 heteroatoms. The number of hydrogen-bond donors (Lipinski definition) is 0. The summed E-state index contributed by atoms with van der Waals surface area (Å²) in [6, 6.07) is 13.6. The number of aryl methyl sites for hydroxylation is 1. The number of hydrogen-bond acceptors (Lipinski definition) is 3. The average Bonchev–Trinajstić information content (AvgIpc) is 3.16. The van der Waals surface area contributed by atoms with Crippen LogP contribution in [0.5, 0.6) is 5.75 Å². The number of aromatic nitrogens is 2. The Kier molecular flexibility index (Phi) is 5.81. The van der Waals surface area contributed by atoms with Crippen LogP contribution in [0.4, 0.5) is 13.2 Å². The van der Waals surface area contributed by atoms with Gasteiger partial charge in [-0.15, -0.1) is 0 Å². The monoisotopic (exact) mass is 415 g/mol. The summed E-state index contributed by atoms with van der Waals surface area (Å²) in [4.78, 5) is 6.71. The van der Waals surface area contributed by atoms with Crippen LogP contribution in [0.2, 0.25) is 0 Å². The van der Waals surface area contributed by atoms with Crippen LogP contribution in [0.3, 0.4) is 0 Å². The summed E-state index contributed by atoms with van der Waals surface area (Å²) in [5, 5.41) is 0. The van der Waals surface area contributed by atoms with Crippen LogP contribution in [0, 0.1) is 0 Å². The number of fused-ring (bicyclic) bond motifs is 1. The smallest absolute Gasteiger partial charge is 0.416 e. The van der Waals surface area contributed by atoms with Crippen molar-refractivity contribution in [2.45, 2.75) is 31.6 Å². The van der Waals surface area contributed by atoms with Gasteiger partial charge in [0.2, 0.25) is 0 Å². The van der Waals surface area contributed by atoms with Crippen molar-refractivity contribution in [3.8, 4) is 5.75 Å². The quantitative estimate of drug-likeness (QED) is 0.531. The highest BCUT2D eigenvalue weighted by molar-refractivity contribution is 5.32. The van der Waals surface area contributed by atoms with Crippen LogP contribution in [-0.2, 0) is 26.2 Å². The average molecular weight is 415 g/mol. The van der Waals surface area contributed by atoms with Crippen LogP contribution >= 0.6 is 0 Å². The molecule has 2 heterocycles. The Bertz CT molecular complexity index is 982. The highest BCUT2D eigenvalue weighted by atomic mass is 19.4. The Balaban J connectivity index is 1.38. The predicted molar refractivity (Wildman–Crippen MR) is 108 cm³/mol. The zero-order valence-corrected chi connectivity index (χ0v) is 16.8. The van der Waals surface area contributed by atoms with Gasteiger partial charge < -0.3 is 9.30 Å². The molecule has 0 saturated heterocycles. The second-order valence-electron chi connectivity index (χ2n) is 7.61. The SMILES string of the molecule is Cn1cncc1C1Cc2ccccc2CN1CCCOc1ccc(C(F)(F)F)cc1. The number of ether oxygens (including phenoxy) is 1. The fraction of sp³-hybridized carbons (Fsp3) is 0.348. The van der Waals surface area contributed by atoms with Gasteiger partial charge in [0.1, 0.15) is 5.75 Å². The number of rotatable bonds is 6. The maximum atomic E-state index is 12.7. The molecule has 1 aromatic heterocycles. The van der Waals surface area contributed by atoms with Crippen LogP contribution in [0.25, 0.3) is 0 Å². The molecule has 0 amide bonds. The van der Waals surface area contributed by atoms with E-state index in [1.165, 1.54) is 29.0 Å². The topological polar surface area (TPSA) is 30.3 Å². The number of nitrogens with zero attached hydrogens (tertiary/aromatic N) is 3. The largest absolute Gasteiger partial charge is 0.494 e. The third-order valence-corrected chi connectivity index (χ3v) is 5.58. The van der Waals surface area contributed by atoms with Crippen molar-refractivity contribution in [3.63, 3.8) is 0 Å². The van der Waals surface area contributed by atoms with E-state index in [0.717, 1.165) is 38.1 Å². The standard InChI is InChI=1S/C23H24F3N3O/c1-28-16-27-14-22(28)21-13-17-5-2-3-6-18(17)15-29(21)11-4-12-30-20-9-7-19(8-10-20)23(24,25)26/h2-3,5-10,14,16,21H,4,11-13,15H2,1H3. The Hall–Kier alpha value is -2.80. The minimum absolute atomic E-state index is 0.235. The van der Waals surface area contributed by atoms with Gasteiger partial charge in [0, 0.05) is 26.3 Å². The lowest BCUT2D eigenvalue weighted by molar-refractivity contribution is -0.137. The molecule has 3 aromatic rings. The van der Waals surface area contributed by atoms with E-state index in [0.29, 0.717) is 12.4 Å². The lowest BCUT2D eigenvalue weighted by atomic mass is 9.92. The lowest BCUT2D eigenvalue weighted by Crippen LogP contribution is -2.36. The Morgan fingerprint density at radius 3 is 2.47 bits per heavy atom. The zero-order valence-electron chi connectivity index (χ0n) is 16.8. The van der Waals surface area contributed by atoms with Gasteiger partial charge in [-0.3, -0.25) is 4.90 Å². The van der Waals surface area contributed by atoms with Crippen molar-refractivity contribution in [2.75, 3.05) is 13.2 Å². The minimum atomic E-state index is -4.33. The van der Waals surface area contributed by atoms with Crippen molar-refractivity contribution in [1.29, 1.82) is 0 Å². The first-order valence-corrected chi connectivity index (χ1v) is 9.99. The van der Waals surface area contributed by atoms with Crippen LogP contribution in [0.1, 0.15) is 34.8 Å². The van der Waals surface area contributed by atoms with Gasteiger partial charge in [0.05, 0.1) is 30.2 Å². The third kappa shape index (κ3) is 4.51. The number of benzene rings is 2. The van der Waals surface area contributed by atoms with E-state index in [2.05, 4.69) is 38.7 Å². The third-order valence-electron chi connectivity index (χ3n) is 5.58. The van der Waals surface area contributed by atoms with E-state index in [4.69, 9.17) is 4.74 Å². The summed E-state index contributed by atoms with van der Waals surface area (Å²) >= 11 is 0. The van der Waals surface area contributed by atoms with Crippen LogP contribution in [-0.4, -0.2) is 27.6 Å². The molecule has 2 aromatic carbocycles. The number of alkyl halides is 3. The normalized spacial score (nSPS) is 17.0. The maximum Gasteiger partial charge on any atom is 0.416 e. The second kappa shape index (κ2) is 8.52. The van der Waals surface area contributed by atoms with Crippen LogP contribution in [0.15, 0.2) is 61.1 Å². The summed E-state index contributed by atoms with van der Waals surface area (Å²) < 4.78 is 45.7. The molecule has 30 heavy (non-hydrogen) atoms. The first-order valence-electron chi connectivity index (χ1n) is 9.99.